The number of benzene rings is 1. The summed E-state index contributed by atoms with van der Waals surface area (Å²) >= 11 is 0. The van der Waals surface area contributed by atoms with Gasteiger partial charge in [-0.2, -0.15) is 13.2 Å². The highest BCUT2D eigenvalue weighted by molar-refractivity contribution is 5.95. The topological polar surface area (TPSA) is 94.2 Å². The zero-order valence-corrected chi connectivity index (χ0v) is 14.0. The quantitative estimate of drug-likeness (QED) is 0.572. The van der Waals surface area contributed by atoms with Gasteiger partial charge in [-0.15, -0.1) is 0 Å². The number of amides is 1. The number of hydrogen-bond donors (Lipinski definition) is 4. The molecule has 1 amide bonds. The molecule has 1 fully saturated rings. The van der Waals surface area contributed by atoms with Crippen LogP contribution in [0.15, 0.2) is 24.4 Å². The average molecular weight is 411 g/mol. The first kappa shape index (κ1) is 21.5. The Kier molecular flexibility index (Phi) is 6.22. The molecule has 0 bridgehead atoms. The Morgan fingerprint density at radius 1 is 1.25 bits per heavy atom. The van der Waals surface area contributed by atoms with Crippen molar-refractivity contribution in [3.05, 3.63) is 30.2 Å². The molecule has 0 aliphatic carbocycles. The maximum absolute atomic E-state index is 13.8. The number of carbonyl (C=O) groups is 2. The summed E-state index contributed by atoms with van der Waals surface area (Å²) in [6.07, 6.45) is -4.00. The molecule has 1 unspecified atom stereocenters. The van der Waals surface area contributed by atoms with Gasteiger partial charge >= 0.3 is 12.1 Å². The number of fused-ring (bicyclic) bond motifs is 1. The lowest BCUT2D eigenvalue weighted by molar-refractivity contribution is -0.192. The van der Waals surface area contributed by atoms with E-state index in [4.69, 9.17) is 9.90 Å². The van der Waals surface area contributed by atoms with E-state index in [0.29, 0.717) is 10.9 Å². The number of aliphatic carboxylic acids is 1. The Bertz CT molecular complexity index is 865. The van der Waals surface area contributed by atoms with Crippen molar-refractivity contribution in [2.24, 2.45) is 5.92 Å². The van der Waals surface area contributed by atoms with E-state index in [-0.39, 0.29) is 12.2 Å². The molecular weight excluding hydrogens is 396 g/mol. The van der Waals surface area contributed by atoms with Crippen molar-refractivity contribution in [2.75, 3.05) is 18.4 Å². The number of halogens is 6. The predicted octanol–water partition coefficient (Wildman–Crippen LogP) is 3.12. The number of aromatic nitrogens is 1. The first-order valence-electron chi connectivity index (χ1n) is 7.85. The second-order valence-electron chi connectivity index (χ2n) is 6.08. The fourth-order valence-corrected chi connectivity index (χ4v) is 2.56. The lowest BCUT2D eigenvalue weighted by atomic mass is 9.96. The zero-order chi connectivity index (χ0) is 21.1. The van der Waals surface area contributed by atoms with Gasteiger partial charge < -0.3 is 20.7 Å². The van der Waals surface area contributed by atoms with E-state index in [1.165, 1.54) is 6.07 Å². The van der Waals surface area contributed by atoms with Crippen LogP contribution in [0.3, 0.4) is 0 Å². The number of carboxylic acids is 1. The summed E-state index contributed by atoms with van der Waals surface area (Å²) in [5.74, 6) is -7.50. The number of anilines is 1. The van der Waals surface area contributed by atoms with Crippen LogP contribution in [0.25, 0.3) is 10.9 Å². The van der Waals surface area contributed by atoms with Crippen molar-refractivity contribution in [3.8, 4) is 0 Å². The van der Waals surface area contributed by atoms with E-state index >= 15 is 0 Å². The SMILES string of the molecule is O=C(Nc1cc(F)c2cc[nH]c2c1)C1CNCC(F)(F)C1.O=C(O)C(F)(F)F. The summed E-state index contributed by atoms with van der Waals surface area (Å²) in [4.78, 5) is 23.8. The summed E-state index contributed by atoms with van der Waals surface area (Å²) in [5, 5.41) is 12.6. The summed E-state index contributed by atoms with van der Waals surface area (Å²) in [5.41, 5.74) is 0.790. The van der Waals surface area contributed by atoms with Crippen LogP contribution in [0.5, 0.6) is 0 Å². The molecule has 1 aliphatic heterocycles. The van der Waals surface area contributed by atoms with Gasteiger partial charge in [0.2, 0.25) is 5.91 Å². The zero-order valence-electron chi connectivity index (χ0n) is 14.0. The fourth-order valence-electron chi connectivity index (χ4n) is 2.56. The highest BCUT2D eigenvalue weighted by atomic mass is 19.4. The summed E-state index contributed by atoms with van der Waals surface area (Å²) in [6.45, 7) is -0.228. The monoisotopic (exact) mass is 411 g/mol. The van der Waals surface area contributed by atoms with Crippen LogP contribution >= 0.6 is 0 Å². The van der Waals surface area contributed by atoms with Gasteiger partial charge in [-0.3, -0.25) is 4.79 Å². The van der Waals surface area contributed by atoms with Crippen LogP contribution in [-0.2, 0) is 9.59 Å². The second-order valence-corrected chi connectivity index (χ2v) is 6.08. The van der Waals surface area contributed by atoms with Crippen LogP contribution < -0.4 is 10.6 Å². The van der Waals surface area contributed by atoms with Crippen LogP contribution in [0.1, 0.15) is 6.42 Å². The number of piperidine rings is 1. The van der Waals surface area contributed by atoms with Crippen molar-refractivity contribution in [3.63, 3.8) is 0 Å². The lowest BCUT2D eigenvalue weighted by Gasteiger charge is -2.28. The van der Waals surface area contributed by atoms with Crippen molar-refractivity contribution in [1.29, 1.82) is 0 Å². The first-order chi connectivity index (χ1) is 12.9. The third-order valence-corrected chi connectivity index (χ3v) is 3.82. The Hall–Kier alpha value is -2.76. The number of H-pyrrole nitrogens is 1. The van der Waals surface area contributed by atoms with E-state index < -0.39 is 48.7 Å². The van der Waals surface area contributed by atoms with Crippen molar-refractivity contribution >= 4 is 28.5 Å². The second kappa shape index (κ2) is 8.09. The Morgan fingerprint density at radius 2 is 1.89 bits per heavy atom. The van der Waals surface area contributed by atoms with Crippen LogP contribution in [-0.4, -0.2) is 47.2 Å². The predicted molar refractivity (Wildman–Crippen MR) is 86.5 cm³/mol. The molecule has 1 aromatic heterocycles. The molecule has 4 N–H and O–H groups in total. The smallest absolute Gasteiger partial charge is 0.475 e. The molecule has 1 atom stereocenters. The minimum atomic E-state index is -5.08. The number of alkyl halides is 5. The minimum Gasteiger partial charge on any atom is -0.475 e. The van der Waals surface area contributed by atoms with Crippen molar-refractivity contribution in [2.45, 2.75) is 18.5 Å². The van der Waals surface area contributed by atoms with E-state index in [0.717, 1.165) is 0 Å². The molecule has 28 heavy (non-hydrogen) atoms. The molecule has 12 heteroatoms. The van der Waals surface area contributed by atoms with Gasteiger partial charge in [0.05, 0.1) is 18.0 Å². The van der Waals surface area contributed by atoms with E-state index in [9.17, 15) is 31.1 Å². The molecule has 0 spiro atoms. The number of rotatable bonds is 2. The maximum Gasteiger partial charge on any atom is 0.490 e. The highest BCUT2D eigenvalue weighted by Crippen LogP contribution is 2.28. The average Bonchev–Trinajstić information content (AvgIpc) is 3.02. The minimum absolute atomic E-state index is 0.189. The van der Waals surface area contributed by atoms with Crippen LogP contribution in [0.2, 0.25) is 0 Å². The third kappa shape index (κ3) is 5.62. The molecule has 2 heterocycles. The van der Waals surface area contributed by atoms with Gasteiger partial charge in [-0.25, -0.2) is 18.0 Å². The number of hydrogen-bond acceptors (Lipinski definition) is 3. The summed E-state index contributed by atoms with van der Waals surface area (Å²) in [7, 11) is 0. The first-order valence-corrected chi connectivity index (χ1v) is 7.85. The number of aromatic amines is 1. The molecule has 3 rings (SSSR count). The Morgan fingerprint density at radius 3 is 2.46 bits per heavy atom. The van der Waals surface area contributed by atoms with Crippen molar-refractivity contribution in [1.82, 2.24) is 10.3 Å². The number of carboxylic acid groups (broad SMARTS) is 1. The highest BCUT2D eigenvalue weighted by Gasteiger charge is 2.39. The van der Waals surface area contributed by atoms with Crippen LogP contribution in [0, 0.1) is 11.7 Å². The van der Waals surface area contributed by atoms with Gasteiger partial charge in [0.1, 0.15) is 5.82 Å². The Balaban J connectivity index is 0.000000345. The molecule has 1 saturated heterocycles. The number of carbonyl (C=O) groups excluding carboxylic acids is 1. The molecular formula is C16H15F6N3O3. The van der Waals surface area contributed by atoms with Gasteiger partial charge in [-0.1, -0.05) is 0 Å². The normalized spacial score (nSPS) is 18.9. The fraction of sp³-hybridized carbons (Fsp3) is 0.375. The standard InChI is InChI=1S/C14H14F3N3O.C2HF3O2/c15-11-3-9(4-12-10(11)1-2-19-12)20-13(21)8-5-14(16,17)7-18-6-8;3-2(4,5)1(6)7/h1-4,8,18-19H,5-7H2,(H,20,21);(H,6,7). The molecule has 1 aliphatic rings. The molecule has 0 radical (unpaired) electrons. The molecule has 6 nitrogen and oxygen atoms in total. The van der Waals surface area contributed by atoms with E-state index in [1.54, 1.807) is 18.3 Å². The lowest BCUT2D eigenvalue weighted by Crippen LogP contribution is -2.47. The molecule has 1 aromatic carbocycles. The molecule has 2 aromatic rings. The molecule has 154 valence electrons. The summed E-state index contributed by atoms with van der Waals surface area (Å²) < 4.78 is 72.1. The number of nitrogens with one attached hydrogen (secondary N) is 3. The van der Waals surface area contributed by atoms with E-state index in [1.807, 2.05) is 0 Å². The summed E-state index contributed by atoms with van der Waals surface area (Å²) in [6, 6.07) is 4.34. The Labute approximate surface area is 153 Å². The van der Waals surface area contributed by atoms with Gasteiger partial charge in [0.15, 0.2) is 0 Å². The van der Waals surface area contributed by atoms with Crippen LogP contribution in [0.4, 0.5) is 32.0 Å². The molecule has 0 saturated carbocycles. The van der Waals surface area contributed by atoms with E-state index in [2.05, 4.69) is 15.6 Å². The van der Waals surface area contributed by atoms with Crippen molar-refractivity contribution < 1.29 is 41.0 Å². The van der Waals surface area contributed by atoms with Gasteiger partial charge in [-0.05, 0) is 18.2 Å². The van der Waals surface area contributed by atoms with Gasteiger partial charge in [0, 0.05) is 30.2 Å². The third-order valence-electron chi connectivity index (χ3n) is 3.82. The van der Waals surface area contributed by atoms with Gasteiger partial charge in [0.25, 0.3) is 5.92 Å². The maximum atomic E-state index is 13.8. The largest absolute Gasteiger partial charge is 0.490 e.